The monoisotopic (exact) mass is 340 g/mol. The highest BCUT2D eigenvalue weighted by Crippen LogP contribution is 2.38. The number of carbonyl (C=O) groups excluding carboxylic acids is 2. The molecule has 1 atom stereocenters. The number of benzene rings is 2. The molecule has 5 heteroatoms. The maximum absolute atomic E-state index is 12.9. The molecule has 1 aliphatic rings. The van der Waals surface area contributed by atoms with Gasteiger partial charge in [0.1, 0.15) is 0 Å². The summed E-state index contributed by atoms with van der Waals surface area (Å²) in [4.78, 5) is 27.5. The summed E-state index contributed by atoms with van der Waals surface area (Å²) < 4.78 is 0. The first kappa shape index (κ1) is 16.6. The molecule has 1 saturated heterocycles. The van der Waals surface area contributed by atoms with E-state index in [0.29, 0.717) is 11.4 Å². The molecule has 1 aliphatic heterocycles. The summed E-state index contributed by atoms with van der Waals surface area (Å²) in [7, 11) is 0. The third kappa shape index (κ3) is 3.04. The van der Waals surface area contributed by atoms with Crippen LogP contribution in [0.15, 0.2) is 53.4 Å². The Morgan fingerprint density at radius 2 is 1.75 bits per heavy atom. The summed E-state index contributed by atoms with van der Waals surface area (Å²) in [6.45, 7) is 4.11. The van der Waals surface area contributed by atoms with Crippen molar-refractivity contribution in [3.05, 3.63) is 54.1 Å². The molecule has 2 aromatic rings. The molecule has 2 amide bonds. The van der Waals surface area contributed by atoms with Crippen molar-refractivity contribution in [1.82, 2.24) is 0 Å². The number of carbonyl (C=O) groups is 2. The second kappa shape index (κ2) is 6.69. The molecule has 24 heavy (non-hydrogen) atoms. The molecule has 1 fully saturated rings. The Bertz CT molecular complexity index is 788. The standard InChI is InChI=1S/C19H20N2O2S/c1-12(2)13-7-3-5-9-15(13)21-18(22)11-17(19(21)23)24-16-10-6-4-8-14(16)20/h3-10,12,17H,11,20H2,1-2H3. The molecule has 1 heterocycles. The summed E-state index contributed by atoms with van der Waals surface area (Å²) in [6.07, 6.45) is 0.199. The molecule has 0 radical (unpaired) electrons. The fraction of sp³-hybridized carbons (Fsp3) is 0.263. The Balaban J connectivity index is 1.89. The third-order valence-electron chi connectivity index (χ3n) is 4.09. The lowest BCUT2D eigenvalue weighted by atomic mass is 10.0. The van der Waals surface area contributed by atoms with E-state index in [0.717, 1.165) is 10.5 Å². The van der Waals surface area contributed by atoms with Gasteiger partial charge in [0.15, 0.2) is 0 Å². The van der Waals surface area contributed by atoms with Gasteiger partial charge in [0, 0.05) is 17.0 Å². The lowest BCUT2D eigenvalue weighted by Crippen LogP contribution is -2.32. The Labute approximate surface area is 146 Å². The molecule has 0 bridgehead atoms. The minimum atomic E-state index is -0.428. The fourth-order valence-electron chi connectivity index (χ4n) is 2.87. The Morgan fingerprint density at radius 3 is 2.46 bits per heavy atom. The van der Waals surface area contributed by atoms with E-state index in [1.807, 2.05) is 42.5 Å². The zero-order chi connectivity index (χ0) is 17.3. The molecule has 0 spiro atoms. The van der Waals surface area contributed by atoms with Crippen LogP contribution in [0.1, 0.15) is 31.7 Å². The van der Waals surface area contributed by atoms with E-state index >= 15 is 0 Å². The average Bonchev–Trinajstić information content (AvgIpc) is 2.83. The van der Waals surface area contributed by atoms with Gasteiger partial charge in [-0.15, -0.1) is 11.8 Å². The van der Waals surface area contributed by atoms with E-state index < -0.39 is 5.25 Å². The van der Waals surface area contributed by atoms with Gasteiger partial charge in [-0.25, -0.2) is 4.90 Å². The van der Waals surface area contributed by atoms with Gasteiger partial charge < -0.3 is 5.73 Å². The molecule has 124 valence electrons. The first-order valence-corrected chi connectivity index (χ1v) is 8.84. The summed E-state index contributed by atoms with van der Waals surface area (Å²) in [5.74, 6) is -0.0836. The molecule has 1 unspecified atom stereocenters. The topological polar surface area (TPSA) is 63.4 Å². The largest absolute Gasteiger partial charge is 0.398 e. The highest BCUT2D eigenvalue weighted by Gasteiger charge is 2.41. The minimum Gasteiger partial charge on any atom is -0.398 e. The molecule has 0 saturated carbocycles. The first-order valence-electron chi connectivity index (χ1n) is 7.96. The van der Waals surface area contributed by atoms with Crippen molar-refractivity contribution in [2.75, 3.05) is 10.6 Å². The maximum Gasteiger partial charge on any atom is 0.247 e. The van der Waals surface area contributed by atoms with Crippen LogP contribution in [0.5, 0.6) is 0 Å². The first-order chi connectivity index (χ1) is 11.5. The molecule has 0 aliphatic carbocycles. The molecule has 3 rings (SSSR count). The Hall–Kier alpha value is -2.27. The molecular formula is C19H20N2O2S. The van der Waals surface area contributed by atoms with E-state index in [1.54, 1.807) is 6.07 Å². The zero-order valence-corrected chi connectivity index (χ0v) is 14.5. The number of para-hydroxylation sites is 2. The number of thioether (sulfide) groups is 1. The predicted molar refractivity (Wildman–Crippen MR) is 98.1 cm³/mol. The van der Waals surface area contributed by atoms with E-state index in [1.165, 1.54) is 16.7 Å². The van der Waals surface area contributed by atoms with E-state index in [4.69, 9.17) is 5.73 Å². The molecular weight excluding hydrogens is 320 g/mol. The van der Waals surface area contributed by atoms with Gasteiger partial charge in [-0.05, 0) is 29.7 Å². The number of amides is 2. The second-order valence-electron chi connectivity index (χ2n) is 6.13. The predicted octanol–water partition coefficient (Wildman–Crippen LogP) is 3.82. The van der Waals surface area contributed by atoms with Crippen LogP contribution in [0.2, 0.25) is 0 Å². The van der Waals surface area contributed by atoms with Crippen molar-refractivity contribution in [3.8, 4) is 0 Å². The summed E-state index contributed by atoms with van der Waals surface area (Å²) >= 11 is 1.37. The van der Waals surface area contributed by atoms with Crippen molar-refractivity contribution < 1.29 is 9.59 Å². The highest BCUT2D eigenvalue weighted by molar-refractivity contribution is 8.00. The lowest BCUT2D eigenvalue weighted by molar-refractivity contribution is -0.121. The average molecular weight is 340 g/mol. The van der Waals surface area contributed by atoms with Crippen LogP contribution in [0.3, 0.4) is 0 Å². The maximum atomic E-state index is 12.9. The van der Waals surface area contributed by atoms with Crippen LogP contribution >= 0.6 is 11.8 Å². The van der Waals surface area contributed by atoms with Gasteiger partial charge in [-0.2, -0.15) is 0 Å². The van der Waals surface area contributed by atoms with Gasteiger partial charge in [-0.1, -0.05) is 44.2 Å². The summed E-state index contributed by atoms with van der Waals surface area (Å²) in [6, 6.07) is 15.0. The number of anilines is 2. The lowest BCUT2D eigenvalue weighted by Gasteiger charge is -2.20. The van der Waals surface area contributed by atoms with E-state index in [9.17, 15) is 9.59 Å². The van der Waals surface area contributed by atoms with Crippen LogP contribution in [0.4, 0.5) is 11.4 Å². The quantitative estimate of drug-likeness (QED) is 0.679. The number of nitrogens with zero attached hydrogens (tertiary/aromatic N) is 1. The SMILES string of the molecule is CC(C)c1ccccc1N1C(=O)CC(Sc2ccccc2N)C1=O. The molecule has 0 aromatic heterocycles. The van der Waals surface area contributed by atoms with Gasteiger partial charge in [0.05, 0.1) is 10.9 Å². The van der Waals surface area contributed by atoms with E-state index in [2.05, 4.69) is 13.8 Å². The summed E-state index contributed by atoms with van der Waals surface area (Å²) in [5, 5.41) is -0.428. The Morgan fingerprint density at radius 1 is 1.08 bits per heavy atom. The van der Waals surface area contributed by atoms with Crippen LogP contribution in [-0.4, -0.2) is 17.1 Å². The number of hydrogen-bond acceptors (Lipinski definition) is 4. The van der Waals surface area contributed by atoms with Gasteiger partial charge in [-0.3, -0.25) is 9.59 Å². The number of hydrogen-bond donors (Lipinski definition) is 1. The zero-order valence-electron chi connectivity index (χ0n) is 13.7. The van der Waals surface area contributed by atoms with Crippen molar-refractivity contribution >= 4 is 35.0 Å². The van der Waals surface area contributed by atoms with Crippen LogP contribution in [-0.2, 0) is 9.59 Å². The summed E-state index contributed by atoms with van der Waals surface area (Å²) in [5.41, 5.74) is 8.29. The van der Waals surface area contributed by atoms with Crippen LogP contribution in [0, 0.1) is 0 Å². The van der Waals surface area contributed by atoms with Crippen LogP contribution < -0.4 is 10.6 Å². The number of nitrogens with two attached hydrogens (primary N) is 1. The van der Waals surface area contributed by atoms with Crippen molar-refractivity contribution in [2.24, 2.45) is 0 Å². The molecule has 4 nitrogen and oxygen atoms in total. The molecule has 2 N–H and O–H groups in total. The van der Waals surface area contributed by atoms with Crippen molar-refractivity contribution in [3.63, 3.8) is 0 Å². The smallest absolute Gasteiger partial charge is 0.247 e. The fourth-order valence-corrected chi connectivity index (χ4v) is 3.97. The normalized spacial score (nSPS) is 17.8. The number of rotatable bonds is 4. The highest BCUT2D eigenvalue weighted by atomic mass is 32.2. The van der Waals surface area contributed by atoms with Crippen molar-refractivity contribution in [2.45, 2.75) is 36.3 Å². The number of nitrogen functional groups attached to an aromatic ring is 1. The van der Waals surface area contributed by atoms with Gasteiger partial charge in [0.2, 0.25) is 11.8 Å². The van der Waals surface area contributed by atoms with Crippen LogP contribution in [0.25, 0.3) is 0 Å². The second-order valence-corrected chi connectivity index (χ2v) is 7.37. The third-order valence-corrected chi connectivity index (χ3v) is 5.37. The van der Waals surface area contributed by atoms with Gasteiger partial charge in [0.25, 0.3) is 0 Å². The van der Waals surface area contributed by atoms with Gasteiger partial charge >= 0.3 is 0 Å². The van der Waals surface area contributed by atoms with Crippen molar-refractivity contribution in [1.29, 1.82) is 0 Å². The Kier molecular flexibility index (Phi) is 4.62. The van der Waals surface area contributed by atoms with E-state index in [-0.39, 0.29) is 24.2 Å². The number of imide groups is 1. The minimum absolute atomic E-state index is 0.153. The molecule has 2 aromatic carbocycles.